The average molecular weight is 249 g/mol. The molecule has 1 saturated carbocycles. The van der Waals surface area contributed by atoms with Gasteiger partial charge in [-0.1, -0.05) is 18.6 Å². The fourth-order valence-electron chi connectivity index (χ4n) is 2.81. The van der Waals surface area contributed by atoms with Gasteiger partial charge in [-0.2, -0.15) is 0 Å². The Balaban J connectivity index is 2.35. The normalized spacial score (nSPS) is 18.8. The van der Waals surface area contributed by atoms with Gasteiger partial charge in [0.1, 0.15) is 5.75 Å². The molecular weight excluding hydrogens is 230 g/mol. The topological polar surface area (TPSA) is 72.5 Å². The van der Waals surface area contributed by atoms with E-state index in [1.807, 2.05) is 24.3 Å². The van der Waals surface area contributed by atoms with Crippen LogP contribution in [0.15, 0.2) is 24.3 Å². The molecule has 0 saturated heterocycles. The number of aliphatic carboxylic acids is 1. The summed E-state index contributed by atoms with van der Waals surface area (Å²) in [5.74, 6) is -0.128. The zero-order chi connectivity index (χ0) is 13.2. The lowest BCUT2D eigenvalue weighted by molar-refractivity contribution is -0.156. The van der Waals surface area contributed by atoms with Gasteiger partial charge in [-0.25, -0.2) is 0 Å². The third-order valence-electron chi connectivity index (χ3n) is 4.07. The zero-order valence-corrected chi connectivity index (χ0v) is 10.6. The number of methoxy groups -OCH3 is 1. The van der Waals surface area contributed by atoms with E-state index in [1.165, 1.54) is 0 Å². The Hall–Kier alpha value is -1.55. The third kappa shape index (κ3) is 1.97. The van der Waals surface area contributed by atoms with Crippen LogP contribution in [0.2, 0.25) is 0 Å². The number of hydrogen-bond donors (Lipinski definition) is 2. The Morgan fingerprint density at radius 1 is 1.56 bits per heavy atom. The molecule has 0 amide bonds. The molecule has 1 aliphatic rings. The van der Waals surface area contributed by atoms with E-state index in [0.29, 0.717) is 19.4 Å². The highest BCUT2D eigenvalue weighted by Gasteiger charge is 2.50. The van der Waals surface area contributed by atoms with Crippen LogP contribution in [0.1, 0.15) is 30.7 Å². The van der Waals surface area contributed by atoms with Crippen molar-refractivity contribution in [2.24, 2.45) is 11.1 Å². The lowest BCUT2D eigenvalue weighted by Gasteiger charge is -2.44. The van der Waals surface area contributed by atoms with Crippen LogP contribution in [0, 0.1) is 5.41 Å². The minimum atomic E-state index is -0.730. The van der Waals surface area contributed by atoms with Crippen LogP contribution >= 0.6 is 0 Å². The summed E-state index contributed by atoms with van der Waals surface area (Å²) in [6.07, 6.45) is 2.38. The SMILES string of the molecule is COc1cccc([C@H](CN)C2(C(=O)O)CCC2)c1. The molecule has 1 aromatic rings. The van der Waals surface area contributed by atoms with Crippen LogP contribution in [0.3, 0.4) is 0 Å². The molecule has 98 valence electrons. The fourth-order valence-corrected chi connectivity index (χ4v) is 2.81. The number of carboxylic acids is 1. The van der Waals surface area contributed by atoms with Crippen LogP contribution in [0.25, 0.3) is 0 Å². The lowest BCUT2D eigenvalue weighted by Crippen LogP contribution is -2.45. The molecular formula is C14H19NO3. The molecule has 2 rings (SSSR count). The standard InChI is InChI=1S/C14H19NO3/c1-18-11-5-2-4-10(8-11)12(9-15)14(13(16)17)6-3-7-14/h2,4-5,8,12H,3,6-7,9,15H2,1H3,(H,16,17)/t12-/m0/s1. The molecule has 4 heteroatoms. The number of ether oxygens (including phenoxy) is 1. The van der Waals surface area contributed by atoms with E-state index in [0.717, 1.165) is 17.7 Å². The largest absolute Gasteiger partial charge is 0.497 e. The first-order valence-electron chi connectivity index (χ1n) is 6.21. The second-order valence-corrected chi connectivity index (χ2v) is 4.88. The smallest absolute Gasteiger partial charge is 0.310 e. The van der Waals surface area contributed by atoms with Gasteiger partial charge in [-0.3, -0.25) is 4.79 Å². The lowest BCUT2D eigenvalue weighted by atomic mass is 9.59. The summed E-state index contributed by atoms with van der Waals surface area (Å²) in [6.45, 7) is 0.347. The van der Waals surface area contributed by atoms with Crippen molar-refractivity contribution in [3.05, 3.63) is 29.8 Å². The number of hydrogen-bond acceptors (Lipinski definition) is 3. The van der Waals surface area contributed by atoms with Crippen LogP contribution in [-0.4, -0.2) is 24.7 Å². The number of carbonyl (C=O) groups is 1. The van der Waals surface area contributed by atoms with Gasteiger partial charge in [0, 0.05) is 12.5 Å². The highest BCUT2D eigenvalue weighted by atomic mass is 16.5. The van der Waals surface area contributed by atoms with Crippen molar-refractivity contribution < 1.29 is 14.6 Å². The molecule has 0 aliphatic heterocycles. The van der Waals surface area contributed by atoms with Gasteiger partial charge >= 0.3 is 5.97 Å². The van der Waals surface area contributed by atoms with Crippen molar-refractivity contribution in [1.29, 1.82) is 0 Å². The molecule has 0 bridgehead atoms. The predicted octanol–water partition coefficient (Wildman–Crippen LogP) is 1.99. The van der Waals surface area contributed by atoms with Gasteiger partial charge in [0.15, 0.2) is 0 Å². The number of nitrogens with two attached hydrogens (primary N) is 1. The molecule has 0 heterocycles. The predicted molar refractivity (Wildman–Crippen MR) is 68.7 cm³/mol. The summed E-state index contributed by atoms with van der Waals surface area (Å²) in [5.41, 5.74) is 6.10. The first-order chi connectivity index (χ1) is 8.64. The minimum absolute atomic E-state index is 0.140. The quantitative estimate of drug-likeness (QED) is 0.837. The van der Waals surface area contributed by atoms with Crippen molar-refractivity contribution in [3.63, 3.8) is 0 Å². The van der Waals surface area contributed by atoms with Crippen molar-refractivity contribution >= 4 is 5.97 Å². The first-order valence-corrected chi connectivity index (χ1v) is 6.21. The second kappa shape index (κ2) is 4.98. The summed E-state index contributed by atoms with van der Waals surface area (Å²) in [7, 11) is 1.60. The minimum Gasteiger partial charge on any atom is -0.497 e. The van der Waals surface area contributed by atoms with E-state index in [9.17, 15) is 9.90 Å². The van der Waals surface area contributed by atoms with Crippen molar-refractivity contribution in [1.82, 2.24) is 0 Å². The van der Waals surface area contributed by atoms with E-state index >= 15 is 0 Å². The summed E-state index contributed by atoms with van der Waals surface area (Å²) < 4.78 is 5.19. The molecule has 0 radical (unpaired) electrons. The fraction of sp³-hybridized carbons (Fsp3) is 0.500. The van der Waals surface area contributed by atoms with Gasteiger partial charge < -0.3 is 15.6 Å². The Morgan fingerprint density at radius 3 is 2.72 bits per heavy atom. The molecule has 3 N–H and O–H groups in total. The van der Waals surface area contributed by atoms with E-state index < -0.39 is 11.4 Å². The number of carboxylic acid groups (broad SMARTS) is 1. The maximum atomic E-state index is 11.5. The Kier molecular flexibility index (Phi) is 3.57. The van der Waals surface area contributed by atoms with Crippen molar-refractivity contribution in [2.75, 3.05) is 13.7 Å². The van der Waals surface area contributed by atoms with Crippen LogP contribution in [-0.2, 0) is 4.79 Å². The third-order valence-corrected chi connectivity index (χ3v) is 4.07. The summed E-state index contributed by atoms with van der Waals surface area (Å²) in [5, 5.41) is 9.49. The number of rotatable bonds is 5. The van der Waals surface area contributed by atoms with Crippen LogP contribution < -0.4 is 10.5 Å². The molecule has 1 aliphatic carbocycles. The zero-order valence-electron chi connectivity index (χ0n) is 10.6. The van der Waals surface area contributed by atoms with E-state index in [-0.39, 0.29) is 5.92 Å². The Labute approximate surface area is 107 Å². The van der Waals surface area contributed by atoms with Crippen molar-refractivity contribution in [3.8, 4) is 5.75 Å². The Bertz CT molecular complexity index is 440. The summed E-state index contributed by atoms with van der Waals surface area (Å²) in [6, 6.07) is 7.56. The van der Waals surface area contributed by atoms with Crippen LogP contribution in [0.4, 0.5) is 0 Å². The monoisotopic (exact) mass is 249 g/mol. The maximum absolute atomic E-state index is 11.5. The second-order valence-electron chi connectivity index (χ2n) is 4.88. The molecule has 0 aromatic heterocycles. The first kappa shape index (κ1) is 12.9. The number of benzene rings is 1. The molecule has 1 atom stereocenters. The van der Waals surface area contributed by atoms with E-state index in [4.69, 9.17) is 10.5 Å². The maximum Gasteiger partial charge on any atom is 0.310 e. The van der Waals surface area contributed by atoms with E-state index in [1.54, 1.807) is 7.11 Å². The van der Waals surface area contributed by atoms with Gasteiger partial charge in [0.2, 0.25) is 0 Å². The van der Waals surface area contributed by atoms with Gasteiger partial charge in [0.25, 0.3) is 0 Å². The van der Waals surface area contributed by atoms with Gasteiger partial charge in [-0.15, -0.1) is 0 Å². The molecule has 1 fully saturated rings. The van der Waals surface area contributed by atoms with Crippen LogP contribution in [0.5, 0.6) is 5.75 Å². The van der Waals surface area contributed by atoms with Gasteiger partial charge in [0.05, 0.1) is 12.5 Å². The highest BCUT2D eigenvalue weighted by Crippen LogP contribution is 2.51. The molecule has 18 heavy (non-hydrogen) atoms. The highest BCUT2D eigenvalue weighted by molar-refractivity contribution is 5.77. The molecule has 0 unspecified atom stereocenters. The van der Waals surface area contributed by atoms with E-state index in [2.05, 4.69) is 0 Å². The molecule has 0 spiro atoms. The van der Waals surface area contributed by atoms with Gasteiger partial charge in [-0.05, 0) is 30.5 Å². The molecule has 4 nitrogen and oxygen atoms in total. The average Bonchev–Trinajstić information content (AvgIpc) is 2.33. The molecule has 1 aromatic carbocycles. The summed E-state index contributed by atoms with van der Waals surface area (Å²) >= 11 is 0. The summed E-state index contributed by atoms with van der Waals surface area (Å²) in [4.78, 5) is 11.5. The van der Waals surface area contributed by atoms with Crippen molar-refractivity contribution in [2.45, 2.75) is 25.2 Å². The Morgan fingerprint density at radius 2 is 2.28 bits per heavy atom.